The predicted molar refractivity (Wildman–Crippen MR) is 92.4 cm³/mol. The van der Waals surface area contributed by atoms with E-state index in [4.69, 9.17) is 0 Å². The van der Waals surface area contributed by atoms with E-state index in [2.05, 4.69) is 20.6 Å². The summed E-state index contributed by atoms with van der Waals surface area (Å²) in [7, 11) is 0. The number of imidazole rings is 1. The van der Waals surface area contributed by atoms with Crippen LogP contribution in [0.15, 0.2) is 18.2 Å². The molecule has 1 saturated carbocycles. The molecule has 6 nitrogen and oxygen atoms in total. The van der Waals surface area contributed by atoms with Crippen LogP contribution in [0.2, 0.25) is 0 Å². The van der Waals surface area contributed by atoms with Crippen LogP contribution in [0.25, 0.3) is 11.0 Å². The van der Waals surface area contributed by atoms with Crippen molar-refractivity contribution in [1.82, 2.24) is 20.6 Å². The molecule has 2 aromatic rings. The van der Waals surface area contributed by atoms with Gasteiger partial charge >= 0.3 is 6.18 Å². The van der Waals surface area contributed by atoms with Crippen LogP contribution in [0.3, 0.4) is 0 Å². The van der Waals surface area contributed by atoms with Crippen LogP contribution in [0.1, 0.15) is 44.0 Å². The van der Waals surface area contributed by atoms with Crippen LogP contribution in [0, 0.1) is 5.41 Å². The molecule has 0 radical (unpaired) electrons. The lowest BCUT2D eigenvalue weighted by Gasteiger charge is -2.07. The predicted octanol–water partition coefficient (Wildman–Crippen LogP) is 2.94. The molecule has 1 aromatic carbocycles. The van der Waals surface area contributed by atoms with E-state index < -0.39 is 24.9 Å². The van der Waals surface area contributed by atoms with Gasteiger partial charge in [0.15, 0.2) is 0 Å². The number of aromatic nitrogens is 2. The number of halogens is 3. The number of amides is 2. The van der Waals surface area contributed by atoms with E-state index in [0.717, 1.165) is 23.9 Å². The second-order valence-electron chi connectivity index (χ2n) is 7.17. The number of hydrogen-bond acceptors (Lipinski definition) is 3. The van der Waals surface area contributed by atoms with Crippen LogP contribution >= 0.6 is 0 Å². The van der Waals surface area contributed by atoms with Crippen molar-refractivity contribution in [3.05, 3.63) is 29.6 Å². The Morgan fingerprint density at radius 1 is 1.22 bits per heavy atom. The van der Waals surface area contributed by atoms with Gasteiger partial charge in [-0.1, -0.05) is 13.0 Å². The molecule has 1 fully saturated rings. The number of carbonyl (C=O) groups excluding carboxylic acids is 2. The molecule has 9 heteroatoms. The summed E-state index contributed by atoms with van der Waals surface area (Å²) < 4.78 is 36.4. The summed E-state index contributed by atoms with van der Waals surface area (Å²) in [5.41, 5.74) is 1.94. The van der Waals surface area contributed by atoms with Crippen LogP contribution in [0.5, 0.6) is 0 Å². The average Bonchev–Trinajstić information content (AvgIpc) is 3.22. The molecular weight excluding hydrogens is 361 g/mol. The fraction of sp³-hybridized carbons (Fsp3) is 0.500. The van der Waals surface area contributed by atoms with Crippen molar-refractivity contribution in [3.8, 4) is 0 Å². The zero-order valence-electron chi connectivity index (χ0n) is 14.9. The van der Waals surface area contributed by atoms with Crippen molar-refractivity contribution in [3.63, 3.8) is 0 Å². The Labute approximate surface area is 153 Å². The van der Waals surface area contributed by atoms with E-state index in [0.29, 0.717) is 17.9 Å². The summed E-state index contributed by atoms with van der Waals surface area (Å²) in [6.45, 7) is 2.36. The lowest BCUT2D eigenvalue weighted by molar-refractivity contribution is -0.144. The number of fused-ring (bicyclic) bond motifs is 1. The van der Waals surface area contributed by atoms with E-state index in [1.165, 1.54) is 0 Å². The largest absolute Gasteiger partial charge is 0.389 e. The smallest absolute Gasteiger partial charge is 0.352 e. The SMILES string of the molecule is CC1(C(=O)NCc2nc3ccc(CNC(=O)CCC(F)(F)F)cc3[nH]2)CC1. The monoisotopic (exact) mass is 382 g/mol. The molecule has 1 aliphatic rings. The molecule has 0 bridgehead atoms. The van der Waals surface area contributed by atoms with Gasteiger partial charge in [0.25, 0.3) is 0 Å². The van der Waals surface area contributed by atoms with Crippen molar-refractivity contribution < 1.29 is 22.8 Å². The molecule has 0 spiro atoms. The number of H-pyrrole nitrogens is 1. The molecule has 0 atom stereocenters. The lowest BCUT2D eigenvalue weighted by atomic mass is 10.1. The maximum absolute atomic E-state index is 12.1. The molecule has 3 N–H and O–H groups in total. The minimum atomic E-state index is -4.34. The van der Waals surface area contributed by atoms with E-state index >= 15 is 0 Å². The number of benzene rings is 1. The van der Waals surface area contributed by atoms with Crippen LogP contribution in [0.4, 0.5) is 13.2 Å². The van der Waals surface area contributed by atoms with Gasteiger partial charge in [-0.25, -0.2) is 4.98 Å². The van der Waals surface area contributed by atoms with Gasteiger partial charge in [0.05, 0.1) is 24.0 Å². The maximum atomic E-state index is 12.1. The Bertz CT molecular complexity index is 856. The number of hydrogen-bond donors (Lipinski definition) is 3. The minimum Gasteiger partial charge on any atom is -0.352 e. The van der Waals surface area contributed by atoms with E-state index in [1.54, 1.807) is 18.2 Å². The van der Waals surface area contributed by atoms with E-state index in [-0.39, 0.29) is 17.9 Å². The van der Waals surface area contributed by atoms with Gasteiger partial charge in [0.2, 0.25) is 11.8 Å². The van der Waals surface area contributed by atoms with Crippen molar-refractivity contribution in [1.29, 1.82) is 0 Å². The highest BCUT2D eigenvalue weighted by atomic mass is 19.4. The molecule has 2 amide bonds. The number of carbonyl (C=O) groups is 2. The van der Waals surface area contributed by atoms with Gasteiger partial charge in [-0.05, 0) is 30.5 Å². The zero-order valence-corrected chi connectivity index (χ0v) is 14.9. The van der Waals surface area contributed by atoms with Gasteiger partial charge in [0, 0.05) is 18.4 Å². The topological polar surface area (TPSA) is 86.9 Å². The van der Waals surface area contributed by atoms with Crippen LogP contribution < -0.4 is 10.6 Å². The molecule has 3 rings (SSSR count). The van der Waals surface area contributed by atoms with Gasteiger partial charge in [-0.2, -0.15) is 13.2 Å². The van der Waals surface area contributed by atoms with Gasteiger partial charge in [-0.15, -0.1) is 0 Å². The molecule has 146 valence electrons. The Kier molecular flexibility index (Phi) is 5.12. The van der Waals surface area contributed by atoms with Crippen LogP contribution in [-0.2, 0) is 22.7 Å². The number of aromatic amines is 1. The third-order valence-electron chi connectivity index (χ3n) is 4.69. The third-order valence-corrected chi connectivity index (χ3v) is 4.69. The van der Waals surface area contributed by atoms with Gasteiger partial charge < -0.3 is 15.6 Å². The number of nitrogens with one attached hydrogen (secondary N) is 3. The van der Waals surface area contributed by atoms with Crippen molar-refractivity contribution >= 4 is 22.8 Å². The molecule has 0 unspecified atom stereocenters. The van der Waals surface area contributed by atoms with Crippen LogP contribution in [-0.4, -0.2) is 28.0 Å². The molecular formula is C18H21F3N4O2. The Morgan fingerprint density at radius 2 is 1.96 bits per heavy atom. The fourth-order valence-corrected chi connectivity index (χ4v) is 2.64. The zero-order chi connectivity index (χ0) is 19.7. The number of nitrogens with zero attached hydrogens (tertiary/aromatic N) is 1. The molecule has 1 aromatic heterocycles. The second-order valence-corrected chi connectivity index (χ2v) is 7.17. The van der Waals surface area contributed by atoms with Crippen molar-refractivity contribution in [2.45, 2.75) is 51.9 Å². The quantitative estimate of drug-likeness (QED) is 0.688. The van der Waals surface area contributed by atoms with Crippen molar-refractivity contribution in [2.75, 3.05) is 0 Å². The Hall–Kier alpha value is -2.58. The maximum Gasteiger partial charge on any atom is 0.389 e. The normalized spacial score (nSPS) is 15.6. The average molecular weight is 382 g/mol. The number of rotatable bonds is 7. The third kappa shape index (κ3) is 5.21. The summed E-state index contributed by atoms with van der Waals surface area (Å²) in [5, 5.41) is 5.34. The molecule has 1 aliphatic carbocycles. The highest BCUT2D eigenvalue weighted by molar-refractivity contribution is 5.84. The summed E-state index contributed by atoms with van der Waals surface area (Å²) in [6, 6.07) is 5.29. The van der Waals surface area contributed by atoms with Gasteiger partial charge in [-0.3, -0.25) is 9.59 Å². The highest BCUT2D eigenvalue weighted by Gasteiger charge is 2.44. The first-order chi connectivity index (χ1) is 12.6. The fourth-order valence-electron chi connectivity index (χ4n) is 2.64. The second kappa shape index (κ2) is 7.21. The minimum absolute atomic E-state index is 0.0187. The lowest BCUT2D eigenvalue weighted by Crippen LogP contribution is -2.30. The Balaban J connectivity index is 1.54. The first kappa shape index (κ1) is 19.2. The summed E-state index contributed by atoms with van der Waals surface area (Å²) in [5.74, 6) is -0.00631. The highest BCUT2D eigenvalue weighted by Crippen LogP contribution is 2.45. The molecule has 0 saturated heterocycles. The molecule has 0 aliphatic heterocycles. The first-order valence-corrected chi connectivity index (χ1v) is 8.74. The van der Waals surface area contributed by atoms with Crippen molar-refractivity contribution in [2.24, 2.45) is 5.41 Å². The Morgan fingerprint density at radius 3 is 2.63 bits per heavy atom. The summed E-state index contributed by atoms with van der Waals surface area (Å²) >= 11 is 0. The standard InChI is InChI=1S/C18H21F3N4O2/c1-17(6-7-17)16(27)23-10-14-24-12-3-2-11(8-13(12)25-14)9-22-15(26)4-5-18(19,20)21/h2-3,8H,4-7,9-10H2,1H3,(H,22,26)(H,23,27)(H,24,25). The van der Waals surface area contributed by atoms with E-state index in [1.807, 2.05) is 6.92 Å². The summed E-state index contributed by atoms with van der Waals surface area (Å²) in [6.07, 6.45) is -4.26. The summed E-state index contributed by atoms with van der Waals surface area (Å²) in [4.78, 5) is 31.0. The number of alkyl halides is 3. The first-order valence-electron chi connectivity index (χ1n) is 8.74. The van der Waals surface area contributed by atoms with Gasteiger partial charge in [0.1, 0.15) is 5.82 Å². The molecule has 27 heavy (non-hydrogen) atoms. The molecule has 1 heterocycles. The van der Waals surface area contributed by atoms with E-state index in [9.17, 15) is 22.8 Å².